The van der Waals surface area contributed by atoms with Gasteiger partial charge in [0.25, 0.3) is 5.91 Å². The van der Waals surface area contributed by atoms with Crippen molar-refractivity contribution in [1.29, 1.82) is 0 Å². The van der Waals surface area contributed by atoms with Gasteiger partial charge in [-0.15, -0.1) is 0 Å². The number of rotatable bonds is 2. The molecule has 0 spiro atoms. The highest BCUT2D eigenvalue weighted by Gasteiger charge is 2.12. The minimum absolute atomic E-state index is 0.271. The summed E-state index contributed by atoms with van der Waals surface area (Å²) in [4.78, 5) is 12.1. The van der Waals surface area contributed by atoms with E-state index in [1.807, 2.05) is 0 Å². The molecule has 0 heterocycles. The third-order valence-electron chi connectivity index (χ3n) is 2.69. The van der Waals surface area contributed by atoms with Gasteiger partial charge >= 0.3 is 0 Å². The Hall–Kier alpha value is -2.07. The number of benzene rings is 2. The van der Waals surface area contributed by atoms with Crippen LogP contribution in [0.15, 0.2) is 36.4 Å². The number of anilines is 2. The molecule has 19 heavy (non-hydrogen) atoms. The van der Waals surface area contributed by atoms with Crippen LogP contribution < -0.4 is 11.1 Å². The van der Waals surface area contributed by atoms with E-state index in [0.717, 1.165) is 0 Å². The fourth-order valence-electron chi connectivity index (χ4n) is 1.66. The molecule has 0 aromatic heterocycles. The second-order valence-corrected chi connectivity index (χ2v) is 4.56. The van der Waals surface area contributed by atoms with Gasteiger partial charge in [0.1, 0.15) is 5.82 Å². The van der Waals surface area contributed by atoms with Gasteiger partial charge in [0.05, 0.1) is 10.7 Å². The Morgan fingerprint density at radius 1 is 1.26 bits per heavy atom. The Labute approximate surface area is 115 Å². The Morgan fingerprint density at radius 2 is 2.00 bits per heavy atom. The van der Waals surface area contributed by atoms with Gasteiger partial charge in [-0.25, -0.2) is 4.39 Å². The first-order chi connectivity index (χ1) is 8.97. The van der Waals surface area contributed by atoms with Gasteiger partial charge in [0, 0.05) is 11.3 Å². The van der Waals surface area contributed by atoms with Crippen molar-refractivity contribution >= 4 is 28.9 Å². The summed E-state index contributed by atoms with van der Waals surface area (Å²) in [6.07, 6.45) is 0. The van der Waals surface area contributed by atoms with Crippen LogP contribution in [-0.4, -0.2) is 5.91 Å². The summed E-state index contributed by atoms with van der Waals surface area (Å²) in [6, 6.07) is 8.81. The summed E-state index contributed by atoms with van der Waals surface area (Å²) in [6.45, 7) is 1.74. The van der Waals surface area contributed by atoms with Crippen LogP contribution in [0.4, 0.5) is 15.8 Å². The molecule has 0 aliphatic rings. The van der Waals surface area contributed by atoms with Gasteiger partial charge in [-0.1, -0.05) is 17.7 Å². The number of aryl methyl sites for hydroxylation is 1. The zero-order valence-corrected chi connectivity index (χ0v) is 11.0. The van der Waals surface area contributed by atoms with Crippen LogP contribution in [-0.2, 0) is 0 Å². The normalized spacial score (nSPS) is 10.3. The van der Waals surface area contributed by atoms with Crippen LogP contribution in [0.25, 0.3) is 0 Å². The standard InChI is InChI=1S/C14H12ClFN2O/c1-8-2-3-9(16)6-11(8)14(19)18-13-5-4-10(17)7-12(13)15/h2-7H,17H2,1H3,(H,18,19). The van der Waals surface area contributed by atoms with Gasteiger partial charge in [0.15, 0.2) is 0 Å². The number of nitrogen functional groups attached to an aromatic ring is 1. The molecule has 2 rings (SSSR count). The molecule has 2 aromatic rings. The maximum atomic E-state index is 13.2. The molecule has 3 nitrogen and oxygen atoms in total. The topological polar surface area (TPSA) is 55.1 Å². The number of carbonyl (C=O) groups excluding carboxylic acids is 1. The number of hydrogen-bond acceptors (Lipinski definition) is 2. The van der Waals surface area contributed by atoms with E-state index in [9.17, 15) is 9.18 Å². The monoisotopic (exact) mass is 278 g/mol. The molecule has 0 aliphatic carbocycles. The Morgan fingerprint density at radius 3 is 2.68 bits per heavy atom. The van der Waals surface area contributed by atoms with Crippen molar-refractivity contribution in [2.45, 2.75) is 6.92 Å². The Bertz CT molecular complexity index is 643. The van der Waals surface area contributed by atoms with E-state index in [0.29, 0.717) is 22.0 Å². The van der Waals surface area contributed by atoms with E-state index in [2.05, 4.69) is 5.32 Å². The predicted molar refractivity (Wildman–Crippen MR) is 75.0 cm³/mol. The first-order valence-electron chi connectivity index (χ1n) is 5.60. The summed E-state index contributed by atoms with van der Waals surface area (Å²) in [5.74, 6) is -0.872. The first-order valence-corrected chi connectivity index (χ1v) is 5.97. The van der Waals surface area contributed by atoms with Crippen LogP contribution in [0.1, 0.15) is 15.9 Å². The number of amides is 1. The SMILES string of the molecule is Cc1ccc(F)cc1C(=O)Nc1ccc(N)cc1Cl. The lowest BCUT2D eigenvalue weighted by Crippen LogP contribution is -2.14. The van der Waals surface area contributed by atoms with Crippen LogP contribution in [0.3, 0.4) is 0 Å². The molecule has 1 amide bonds. The predicted octanol–water partition coefficient (Wildman–Crippen LogP) is 3.62. The molecule has 0 fully saturated rings. The Kier molecular flexibility index (Phi) is 3.71. The van der Waals surface area contributed by atoms with Gasteiger partial charge in [0.2, 0.25) is 0 Å². The van der Waals surface area contributed by atoms with Crippen LogP contribution in [0.2, 0.25) is 5.02 Å². The van der Waals surface area contributed by atoms with Crippen LogP contribution >= 0.6 is 11.6 Å². The van der Waals surface area contributed by atoms with E-state index in [1.54, 1.807) is 25.1 Å². The molecule has 98 valence electrons. The van der Waals surface area contributed by atoms with Crippen LogP contribution in [0, 0.1) is 12.7 Å². The highest BCUT2D eigenvalue weighted by atomic mass is 35.5. The largest absolute Gasteiger partial charge is 0.399 e. The summed E-state index contributed by atoms with van der Waals surface area (Å²) >= 11 is 5.96. The fourth-order valence-corrected chi connectivity index (χ4v) is 1.90. The van der Waals surface area contributed by atoms with Gasteiger partial charge in [-0.3, -0.25) is 4.79 Å². The fraction of sp³-hybridized carbons (Fsp3) is 0.0714. The van der Waals surface area contributed by atoms with Crippen molar-refractivity contribution in [3.8, 4) is 0 Å². The highest BCUT2D eigenvalue weighted by molar-refractivity contribution is 6.34. The molecule has 3 N–H and O–H groups in total. The quantitative estimate of drug-likeness (QED) is 0.824. The van der Waals surface area contributed by atoms with Crippen molar-refractivity contribution in [3.05, 3.63) is 58.4 Å². The number of carbonyl (C=O) groups is 1. The van der Waals surface area contributed by atoms with Crippen molar-refractivity contribution in [1.82, 2.24) is 0 Å². The maximum absolute atomic E-state index is 13.2. The second-order valence-electron chi connectivity index (χ2n) is 4.15. The van der Waals surface area contributed by atoms with E-state index in [-0.39, 0.29) is 5.56 Å². The van der Waals surface area contributed by atoms with Crippen molar-refractivity contribution in [2.24, 2.45) is 0 Å². The molecule has 0 bridgehead atoms. The molecular weight excluding hydrogens is 267 g/mol. The number of halogens is 2. The average Bonchev–Trinajstić information content (AvgIpc) is 2.35. The molecule has 0 radical (unpaired) electrons. The van der Waals surface area contributed by atoms with E-state index in [4.69, 9.17) is 17.3 Å². The van der Waals surface area contributed by atoms with Crippen molar-refractivity contribution < 1.29 is 9.18 Å². The van der Waals surface area contributed by atoms with Crippen LogP contribution in [0.5, 0.6) is 0 Å². The Balaban J connectivity index is 2.28. The van der Waals surface area contributed by atoms with Crippen molar-refractivity contribution in [3.63, 3.8) is 0 Å². The molecule has 0 aliphatic heterocycles. The lowest BCUT2D eigenvalue weighted by molar-refractivity contribution is 0.102. The number of hydrogen-bond donors (Lipinski definition) is 2. The molecule has 0 saturated heterocycles. The summed E-state index contributed by atoms with van der Waals surface area (Å²) in [7, 11) is 0. The lowest BCUT2D eigenvalue weighted by Gasteiger charge is -2.09. The molecule has 0 atom stereocenters. The second kappa shape index (κ2) is 5.28. The maximum Gasteiger partial charge on any atom is 0.256 e. The third kappa shape index (κ3) is 3.03. The number of nitrogens with one attached hydrogen (secondary N) is 1. The minimum atomic E-state index is -0.459. The molecule has 0 saturated carbocycles. The number of nitrogens with two attached hydrogens (primary N) is 1. The van der Waals surface area contributed by atoms with E-state index >= 15 is 0 Å². The zero-order chi connectivity index (χ0) is 14.0. The van der Waals surface area contributed by atoms with Gasteiger partial charge in [-0.2, -0.15) is 0 Å². The minimum Gasteiger partial charge on any atom is -0.399 e. The summed E-state index contributed by atoms with van der Waals surface area (Å²) in [5.41, 5.74) is 7.46. The van der Waals surface area contributed by atoms with Crippen molar-refractivity contribution in [2.75, 3.05) is 11.1 Å². The van der Waals surface area contributed by atoms with E-state index in [1.165, 1.54) is 18.2 Å². The van der Waals surface area contributed by atoms with Gasteiger partial charge < -0.3 is 11.1 Å². The first kappa shape index (κ1) is 13.4. The molecule has 0 unspecified atom stereocenters. The van der Waals surface area contributed by atoms with E-state index < -0.39 is 11.7 Å². The van der Waals surface area contributed by atoms with Gasteiger partial charge in [-0.05, 0) is 42.8 Å². The molecule has 2 aromatic carbocycles. The average molecular weight is 279 g/mol. The summed E-state index contributed by atoms with van der Waals surface area (Å²) < 4.78 is 13.2. The smallest absolute Gasteiger partial charge is 0.256 e. The highest BCUT2D eigenvalue weighted by Crippen LogP contribution is 2.25. The third-order valence-corrected chi connectivity index (χ3v) is 3.00. The summed E-state index contributed by atoms with van der Waals surface area (Å²) in [5, 5.41) is 2.96. The molecular formula is C14H12ClFN2O. The zero-order valence-electron chi connectivity index (χ0n) is 10.2. The molecule has 5 heteroatoms. The lowest BCUT2D eigenvalue weighted by atomic mass is 10.1.